The third kappa shape index (κ3) is 2.58. The predicted molar refractivity (Wildman–Crippen MR) is 61.6 cm³/mol. The summed E-state index contributed by atoms with van der Waals surface area (Å²) >= 11 is 0. The first kappa shape index (κ1) is 10.7. The Bertz CT molecular complexity index is 321. The second kappa shape index (κ2) is 3.95. The van der Waals surface area contributed by atoms with Crippen molar-refractivity contribution >= 4 is 0 Å². The van der Waals surface area contributed by atoms with Gasteiger partial charge in [-0.25, -0.2) is 0 Å². The van der Waals surface area contributed by atoms with E-state index in [0.29, 0.717) is 6.10 Å². The van der Waals surface area contributed by atoms with Crippen LogP contribution < -0.4 is 5.32 Å². The molecule has 2 atom stereocenters. The molecular formula is C13H19NO. The van der Waals surface area contributed by atoms with Gasteiger partial charge in [0.25, 0.3) is 0 Å². The van der Waals surface area contributed by atoms with Gasteiger partial charge >= 0.3 is 0 Å². The molecule has 0 amide bonds. The summed E-state index contributed by atoms with van der Waals surface area (Å²) in [6.07, 6.45) is 1.40. The van der Waals surface area contributed by atoms with Crippen LogP contribution in [0.5, 0.6) is 0 Å². The molecule has 1 N–H and O–H groups in total. The number of ether oxygens (including phenoxy) is 1. The quantitative estimate of drug-likeness (QED) is 0.761. The van der Waals surface area contributed by atoms with Crippen molar-refractivity contribution in [3.63, 3.8) is 0 Å². The largest absolute Gasteiger partial charge is 0.356 e. The van der Waals surface area contributed by atoms with Crippen LogP contribution in [0.25, 0.3) is 0 Å². The van der Waals surface area contributed by atoms with Crippen LogP contribution in [0.2, 0.25) is 0 Å². The van der Waals surface area contributed by atoms with Gasteiger partial charge in [-0.15, -0.1) is 0 Å². The highest BCUT2D eigenvalue weighted by Crippen LogP contribution is 2.28. The highest BCUT2D eigenvalue weighted by Gasteiger charge is 2.32. The van der Waals surface area contributed by atoms with Crippen LogP contribution in [0.3, 0.4) is 0 Å². The zero-order valence-corrected chi connectivity index (χ0v) is 9.66. The zero-order chi connectivity index (χ0) is 10.9. The number of benzene rings is 1. The van der Waals surface area contributed by atoms with E-state index in [-0.39, 0.29) is 11.8 Å². The Balaban J connectivity index is 2.17. The molecular weight excluding hydrogens is 186 g/mol. The third-order valence-corrected chi connectivity index (χ3v) is 2.79. The van der Waals surface area contributed by atoms with Crippen molar-refractivity contribution in [2.45, 2.75) is 45.1 Å². The molecule has 1 heterocycles. The third-order valence-electron chi connectivity index (χ3n) is 2.79. The van der Waals surface area contributed by atoms with Gasteiger partial charge in [0.05, 0.1) is 6.10 Å². The van der Waals surface area contributed by atoms with E-state index < -0.39 is 0 Å². The van der Waals surface area contributed by atoms with Gasteiger partial charge in [0.15, 0.2) is 0 Å². The monoisotopic (exact) mass is 205 g/mol. The second-order valence-electron chi connectivity index (χ2n) is 4.97. The maximum Gasteiger partial charge on any atom is 0.135 e. The van der Waals surface area contributed by atoms with Crippen molar-refractivity contribution in [2.24, 2.45) is 0 Å². The molecule has 1 aliphatic rings. The maximum atomic E-state index is 5.90. The lowest BCUT2D eigenvalue weighted by molar-refractivity contribution is -0.0896. The molecule has 0 aromatic heterocycles. The SMILES string of the molecule is C[C@H]1CC(C)(C)N[C@H](c2ccccc2)O1. The Labute approximate surface area is 91.6 Å². The number of hydrogen-bond acceptors (Lipinski definition) is 2. The van der Waals surface area contributed by atoms with E-state index in [1.165, 1.54) is 5.56 Å². The Kier molecular flexibility index (Phi) is 2.81. The molecule has 0 bridgehead atoms. The summed E-state index contributed by atoms with van der Waals surface area (Å²) in [4.78, 5) is 0. The van der Waals surface area contributed by atoms with Crippen LogP contribution in [-0.2, 0) is 4.74 Å². The summed E-state index contributed by atoms with van der Waals surface area (Å²) in [5.74, 6) is 0. The molecule has 0 saturated carbocycles. The van der Waals surface area contributed by atoms with E-state index in [0.717, 1.165) is 6.42 Å². The van der Waals surface area contributed by atoms with Crippen molar-refractivity contribution in [1.29, 1.82) is 0 Å². The zero-order valence-electron chi connectivity index (χ0n) is 9.66. The average molecular weight is 205 g/mol. The molecule has 1 aromatic rings. The summed E-state index contributed by atoms with van der Waals surface area (Å²) in [5, 5.41) is 3.52. The smallest absolute Gasteiger partial charge is 0.135 e. The van der Waals surface area contributed by atoms with Gasteiger partial charge in [0, 0.05) is 5.54 Å². The Hall–Kier alpha value is -0.860. The molecule has 0 spiro atoms. The molecule has 1 saturated heterocycles. The average Bonchev–Trinajstić information content (AvgIpc) is 2.16. The molecule has 2 heteroatoms. The van der Waals surface area contributed by atoms with E-state index in [1.807, 2.05) is 18.2 Å². The lowest BCUT2D eigenvalue weighted by atomic mass is 9.94. The van der Waals surface area contributed by atoms with Crippen LogP contribution in [0.4, 0.5) is 0 Å². The molecule has 2 nitrogen and oxygen atoms in total. The standard InChI is InChI=1S/C13H19NO/c1-10-9-13(2,3)14-12(15-10)11-7-5-4-6-8-11/h4-8,10,12,14H,9H2,1-3H3/t10-,12-/m0/s1. The van der Waals surface area contributed by atoms with E-state index in [1.54, 1.807) is 0 Å². The van der Waals surface area contributed by atoms with Crippen LogP contribution in [0.15, 0.2) is 30.3 Å². The van der Waals surface area contributed by atoms with E-state index in [9.17, 15) is 0 Å². The minimum absolute atomic E-state index is 0.0324. The fraction of sp³-hybridized carbons (Fsp3) is 0.538. The molecule has 1 aromatic carbocycles. The topological polar surface area (TPSA) is 21.3 Å². The van der Waals surface area contributed by atoms with Crippen LogP contribution in [0.1, 0.15) is 39.0 Å². The molecule has 82 valence electrons. The molecule has 15 heavy (non-hydrogen) atoms. The van der Waals surface area contributed by atoms with Crippen molar-refractivity contribution in [3.05, 3.63) is 35.9 Å². The number of nitrogens with one attached hydrogen (secondary N) is 1. The highest BCUT2D eigenvalue weighted by molar-refractivity contribution is 5.18. The Morgan fingerprint density at radius 1 is 1.27 bits per heavy atom. The normalized spacial score (nSPS) is 30.1. The van der Waals surface area contributed by atoms with Gasteiger partial charge in [-0.1, -0.05) is 30.3 Å². The van der Waals surface area contributed by atoms with E-state index in [4.69, 9.17) is 4.74 Å². The summed E-state index contributed by atoms with van der Waals surface area (Å²) in [6, 6.07) is 10.3. The minimum Gasteiger partial charge on any atom is -0.356 e. The van der Waals surface area contributed by atoms with Crippen molar-refractivity contribution < 1.29 is 4.74 Å². The van der Waals surface area contributed by atoms with Gasteiger partial charge in [0.2, 0.25) is 0 Å². The first-order chi connectivity index (χ1) is 7.07. The molecule has 0 aliphatic carbocycles. The van der Waals surface area contributed by atoms with Gasteiger partial charge < -0.3 is 4.74 Å². The maximum absolute atomic E-state index is 5.90. The van der Waals surface area contributed by atoms with E-state index >= 15 is 0 Å². The van der Waals surface area contributed by atoms with Gasteiger partial charge in [-0.3, -0.25) is 5.32 Å². The predicted octanol–water partition coefficient (Wildman–Crippen LogP) is 2.86. The Morgan fingerprint density at radius 2 is 1.93 bits per heavy atom. The van der Waals surface area contributed by atoms with Gasteiger partial charge in [-0.2, -0.15) is 0 Å². The Morgan fingerprint density at radius 3 is 2.53 bits per heavy atom. The van der Waals surface area contributed by atoms with Crippen molar-refractivity contribution in [1.82, 2.24) is 5.32 Å². The first-order valence-corrected chi connectivity index (χ1v) is 5.55. The minimum atomic E-state index is 0.0324. The van der Waals surface area contributed by atoms with Crippen LogP contribution in [0, 0.1) is 0 Å². The molecule has 0 radical (unpaired) electrons. The lowest BCUT2D eigenvalue weighted by Crippen LogP contribution is -2.50. The molecule has 2 rings (SSSR count). The lowest BCUT2D eigenvalue weighted by Gasteiger charge is -2.40. The van der Waals surface area contributed by atoms with E-state index in [2.05, 4.69) is 38.2 Å². The first-order valence-electron chi connectivity index (χ1n) is 5.55. The molecule has 1 fully saturated rings. The summed E-state index contributed by atoms with van der Waals surface area (Å²) < 4.78 is 5.90. The highest BCUT2D eigenvalue weighted by atomic mass is 16.5. The van der Waals surface area contributed by atoms with Crippen LogP contribution in [-0.4, -0.2) is 11.6 Å². The number of rotatable bonds is 1. The van der Waals surface area contributed by atoms with Crippen molar-refractivity contribution in [3.8, 4) is 0 Å². The molecule has 1 aliphatic heterocycles. The van der Waals surface area contributed by atoms with Gasteiger partial charge in [0.1, 0.15) is 6.23 Å². The van der Waals surface area contributed by atoms with Crippen molar-refractivity contribution in [2.75, 3.05) is 0 Å². The summed E-state index contributed by atoms with van der Waals surface area (Å²) in [6.45, 7) is 6.59. The van der Waals surface area contributed by atoms with Crippen LogP contribution >= 0.6 is 0 Å². The second-order valence-corrected chi connectivity index (χ2v) is 4.97. The fourth-order valence-electron chi connectivity index (χ4n) is 2.24. The fourth-order valence-corrected chi connectivity index (χ4v) is 2.24. The summed E-state index contributed by atoms with van der Waals surface area (Å²) in [5.41, 5.74) is 1.36. The molecule has 0 unspecified atom stereocenters. The number of hydrogen-bond donors (Lipinski definition) is 1. The summed E-state index contributed by atoms with van der Waals surface area (Å²) in [7, 11) is 0. The van der Waals surface area contributed by atoms with Gasteiger partial charge in [-0.05, 0) is 32.8 Å².